The summed E-state index contributed by atoms with van der Waals surface area (Å²) in [5, 5.41) is 15.2. The number of benzene rings is 3. The van der Waals surface area contributed by atoms with Crippen LogP contribution in [0.4, 0.5) is 15.4 Å². The Morgan fingerprint density at radius 1 is 0.907 bits per heavy atom. The predicted octanol–water partition coefficient (Wildman–Crippen LogP) is 5.80. The summed E-state index contributed by atoms with van der Waals surface area (Å²) in [7, 11) is 1.59. The maximum absolute atomic E-state index is 13.1. The monoisotopic (exact) mass is 579 g/mol. The van der Waals surface area contributed by atoms with Gasteiger partial charge in [0.25, 0.3) is 0 Å². The molecule has 1 atom stereocenters. The number of imidazole rings is 1. The SMILES string of the molecule is CNC(=O)N1CCn2c(nc(-c3ccc(-c4ccc(C5(C(=O)O)CC5)cc4)cc3)c2NC(=O)O[C@H](C)c2ccccc2)C1. The second kappa shape index (κ2) is 11.3. The molecule has 10 nitrogen and oxygen atoms in total. The first-order chi connectivity index (χ1) is 20.8. The van der Waals surface area contributed by atoms with Crippen molar-refractivity contribution in [3.8, 4) is 22.4 Å². The fourth-order valence-electron chi connectivity index (χ4n) is 5.62. The van der Waals surface area contributed by atoms with Gasteiger partial charge in [-0.25, -0.2) is 14.6 Å². The maximum Gasteiger partial charge on any atom is 0.413 e. The molecule has 10 heteroatoms. The largest absolute Gasteiger partial charge is 0.481 e. The van der Waals surface area contributed by atoms with Crippen molar-refractivity contribution in [3.05, 3.63) is 95.8 Å². The van der Waals surface area contributed by atoms with Crippen LogP contribution in [0.15, 0.2) is 78.9 Å². The summed E-state index contributed by atoms with van der Waals surface area (Å²) in [5.41, 5.74) is 4.29. The molecule has 0 radical (unpaired) electrons. The number of aliphatic carboxylic acids is 1. The zero-order chi connectivity index (χ0) is 30.1. The number of nitrogens with one attached hydrogen (secondary N) is 2. The third-order valence-corrected chi connectivity index (χ3v) is 8.34. The normalized spacial score (nSPS) is 15.6. The molecule has 43 heavy (non-hydrogen) atoms. The van der Waals surface area contributed by atoms with Gasteiger partial charge in [0.05, 0.1) is 12.0 Å². The van der Waals surface area contributed by atoms with Gasteiger partial charge in [-0.15, -0.1) is 0 Å². The van der Waals surface area contributed by atoms with Gasteiger partial charge in [0, 0.05) is 25.7 Å². The van der Waals surface area contributed by atoms with Crippen molar-refractivity contribution in [3.63, 3.8) is 0 Å². The number of carboxylic acids is 1. The summed E-state index contributed by atoms with van der Waals surface area (Å²) in [5.74, 6) is 0.398. The minimum atomic E-state index is -0.770. The predicted molar refractivity (Wildman–Crippen MR) is 161 cm³/mol. The summed E-state index contributed by atoms with van der Waals surface area (Å²) in [6, 6.07) is 24.9. The molecule has 1 aromatic heterocycles. The first-order valence-electron chi connectivity index (χ1n) is 14.3. The van der Waals surface area contributed by atoms with Crippen molar-refractivity contribution in [2.24, 2.45) is 0 Å². The Morgan fingerprint density at radius 2 is 1.53 bits per heavy atom. The summed E-state index contributed by atoms with van der Waals surface area (Å²) < 4.78 is 7.62. The topological polar surface area (TPSA) is 126 Å². The van der Waals surface area contributed by atoms with Crippen molar-refractivity contribution >= 4 is 23.9 Å². The molecule has 2 aliphatic rings. The van der Waals surface area contributed by atoms with Crippen LogP contribution < -0.4 is 10.6 Å². The Kier molecular flexibility index (Phi) is 7.35. The molecular formula is C33H33N5O5. The lowest BCUT2D eigenvalue weighted by Crippen LogP contribution is -2.43. The van der Waals surface area contributed by atoms with Gasteiger partial charge >= 0.3 is 18.1 Å². The number of aromatic nitrogens is 2. The molecule has 0 unspecified atom stereocenters. The van der Waals surface area contributed by atoms with Gasteiger partial charge in [0.15, 0.2) is 0 Å². The molecule has 4 aromatic rings. The van der Waals surface area contributed by atoms with Crippen molar-refractivity contribution in [1.82, 2.24) is 19.8 Å². The minimum Gasteiger partial charge on any atom is -0.481 e. The fraction of sp³-hybridized carbons (Fsp3) is 0.273. The Hall–Kier alpha value is -5.12. The molecule has 1 saturated carbocycles. The Morgan fingerprint density at radius 3 is 2.14 bits per heavy atom. The number of hydrogen-bond donors (Lipinski definition) is 3. The smallest absolute Gasteiger partial charge is 0.413 e. The van der Waals surface area contributed by atoms with Crippen molar-refractivity contribution in [2.75, 3.05) is 18.9 Å². The van der Waals surface area contributed by atoms with Crippen LogP contribution in [-0.2, 0) is 28.0 Å². The Bertz CT molecular complexity index is 1660. The molecule has 3 aromatic carbocycles. The van der Waals surface area contributed by atoms with E-state index in [-0.39, 0.29) is 6.03 Å². The first kappa shape index (κ1) is 28.0. The Balaban J connectivity index is 1.27. The average molecular weight is 580 g/mol. The number of ether oxygens (including phenoxy) is 1. The molecule has 1 fully saturated rings. The van der Waals surface area contributed by atoms with Gasteiger partial charge in [0.2, 0.25) is 0 Å². The first-order valence-corrected chi connectivity index (χ1v) is 14.3. The third-order valence-electron chi connectivity index (χ3n) is 8.34. The van der Waals surface area contributed by atoms with Gasteiger partial charge in [-0.2, -0.15) is 0 Å². The van der Waals surface area contributed by atoms with E-state index < -0.39 is 23.6 Å². The number of anilines is 1. The number of carboxylic acid groups (broad SMARTS) is 1. The third kappa shape index (κ3) is 5.43. The number of rotatable bonds is 7. The van der Waals surface area contributed by atoms with E-state index in [2.05, 4.69) is 10.6 Å². The summed E-state index contributed by atoms with van der Waals surface area (Å²) in [6.07, 6.45) is 0.288. The second-order valence-electron chi connectivity index (χ2n) is 11.0. The molecule has 6 rings (SSSR count). The molecule has 0 saturated heterocycles. The van der Waals surface area contributed by atoms with Crippen LogP contribution in [0.5, 0.6) is 0 Å². The van der Waals surface area contributed by atoms with E-state index in [1.54, 1.807) is 11.9 Å². The molecule has 3 N–H and O–H groups in total. The molecule has 3 amide bonds. The number of urea groups is 1. The van der Waals surface area contributed by atoms with Crippen molar-refractivity contribution < 1.29 is 24.2 Å². The van der Waals surface area contributed by atoms with Gasteiger partial charge in [-0.05, 0) is 42.0 Å². The molecular weight excluding hydrogens is 546 g/mol. The van der Waals surface area contributed by atoms with E-state index in [0.717, 1.165) is 27.8 Å². The van der Waals surface area contributed by atoms with Gasteiger partial charge in [-0.1, -0.05) is 78.9 Å². The molecule has 2 heterocycles. The highest BCUT2D eigenvalue weighted by Crippen LogP contribution is 2.48. The zero-order valence-electron chi connectivity index (χ0n) is 24.0. The zero-order valence-corrected chi connectivity index (χ0v) is 24.0. The van der Waals surface area contributed by atoms with Crippen LogP contribution in [0.1, 0.15) is 42.8 Å². The fourth-order valence-corrected chi connectivity index (χ4v) is 5.62. The second-order valence-corrected chi connectivity index (χ2v) is 11.0. The van der Waals surface area contributed by atoms with Crippen LogP contribution in [0.2, 0.25) is 0 Å². The number of fused-ring (bicyclic) bond motifs is 1. The molecule has 220 valence electrons. The lowest BCUT2D eigenvalue weighted by molar-refractivity contribution is -0.140. The van der Waals surface area contributed by atoms with E-state index in [9.17, 15) is 19.5 Å². The van der Waals surface area contributed by atoms with E-state index in [0.29, 0.717) is 49.8 Å². The van der Waals surface area contributed by atoms with E-state index in [1.807, 2.05) is 90.4 Å². The van der Waals surface area contributed by atoms with Crippen LogP contribution in [0.3, 0.4) is 0 Å². The molecule has 0 bridgehead atoms. The number of amides is 3. The van der Waals surface area contributed by atoms with E-state index in [4.69, 9.17) is 9.72 Å². The van der Waals surface area contributed by atoms with Crippen LogP contribution in [-0.4, -0.2) is 51.2 Å². The lowest BCUT2D eigenvalue weighted by Gasteiger charge is -2.28. The summed E-state index contributed by atoms with van der Waals surface area (Å²) in [6.45, 7) is 3.04. The van der Waals surface area contributed by atoms with E-state index in [1.165, 1.54) is 0 Å². The molecule has 0 spiro atoms. The van der Waals surface area contributed by atoms with Gasteiger partial charge in [0.1, 0.15) is 23.4 Å². The summed E-state index contributed by atoms with van der Waals surface area (Å²) in [4.78, 5) is 43.6. The molecule has 1 aliphatic heterocycles. The number of hydrogen-bond acceptors (Lipinski definition) is 5. The maximum atomic E-state index is 13.1. The average Bonchev–Trinajstić information content (AvgIpc) is 3.78. The minimum absolute atomic E-state index is 0.187. The summed E-state index contributed by atoms with van der Waals surface area (Å²) >= 11 is 0. The quantitative estimate of drug-likeness (QED) is 0.254. The number of nitrogens with zero attached hydrogens (tertiary/aromatic N) is 3. The highest BCUT2D eigenvalue weighted by Gasteiger charge is 2.51. The van der Waals surface area contributed by atoms with Crippen LogP contribution in [0, 0.1) is 0 Å². The van der Waals surface area contributed by atoms with E-state index >= 15 is 0 Å². The molecule has 1 aliphatic carbocycles. The van der Waals surface area contributed by atoms with Gasteiger partial charge < -0.3 is 24.6 Å². The number of carbonyl (C=O) groups is 3. The highest BCUT2D eigenvalue weighted by atomic mass is 16.6. The lowest BCUT2D eigenvalue weighted by atomic mass is 9.93. The van der Waals surface area contributed by atoms with Crippen LogP contribution in [0.25, 0.3) is 22.4 Å². The standard InChI is InChI=1S/C33H33N5O5/c1-21(22-6-4-3-5-7-22)43-32(42)36-29-28(35-27-20-37(31(41)34-2)18-19-38(27)29)25-10-8-23(9-11-25)24-12-14-26(15-13-24)33(16-17-33)30(39)40/h3-15,21H,16-20H2,1-2H3,(H,34,41)(H,36,42)(H,39,40)/t21-/m1/s1. The number of carbonyl (C=O) groups excluding carboxylic acids is 2. The van der Waals surface area contributed by atoms with Crippen molar-refractivity contribution in [2.45, 2.75) is 44.4 Å². The Labute approximate surface area is 249 Å². The van der Waals surface area contributed by atoms with Crippen molar-refractivity contribution in [1.29, 1.82) is 0 Å². The van der Waals surface area contributed by atoms with Gasteiger partial charge in [-0.3, -0.25) is 10.1 Å². The van der Waals surface area contributed by atoms with Crippen LogP contribution >= 0.6 is 0 Å². The highest BCUT2D eigenvalue weighted by molar-refractivity contribution is 5.90.